The zero-order chi connectivity index (χ0) is 17.5. The van der Waals surface area contributed by atoms with Gasteiger partial charge in [-0.15, -0.1) is 0 Å². The van der Waals surface area contributed by atoms with Crippen molar-refractivity contribution in [2.24, 2.45) is 0 Å². The largest absolute Gasteiger partial charge is 0.493 e. The quantitative estimate of drug-likeness (QED) is 0.468. The van der Waals surface area contributed by atoms with Crippen LogP contribution in [-0.2, 0) is 9.53 Å². The minimum Gasteiger partial charge on any atom is -0.493 e. The number of ether oxygens (including phenoxy) is 3. The lowest BCUT2D eigenvalue weighted by atomic mass is 10.2. The summed E-state index contributed by atoms with van der Waals surface area (Å²) in [5, 5.41) is 0.305. The molecule has 24 heavy (non-hydrogen) atoms. The van der Waals surface area contributed by atoms with Crippen LogP contribution in [0.3, 0.4) is 0 Å². The molecule has 0 aliphatic heterocycles. The van der Waals surface area contributed by atoms with E-state index >= 15 is 0 Å². The van der Waals surface area contributed by atoms with Crippen molar-refractivity contribution in [1.82, 2.24) is 0 Å². The summed E-state index contributed by atoms with van der Waals surface area (Å²) in [4.78, 5) is 23.3. The summed E-state index contributed by atoms with van der Waals surface area (Å²) in [6.07, 6.45) is 2.85. The van der Waals surface area contributed by atoms with Crippen molar-refractivity contribution in [3.8, 4) is 11.5 Å². The summed E-state index contributed by atoms with van der Waals surface area (Å²) in [5.74, 6) is -0.458. The Labute approximate surface area is 144 Å². The minimum absolute atomic E-state index is 0.248. The molecule has 5 nitrogen and oxygen atoms in total. The number of hydrogen-bond donors (Lipinski definition) is 0. The number of hydrogen-bond acceptors (Lipinski definition) is 5. The van der Waals surface area contributed by atoms with Crippen LogP contribution in [0.15, 0.2) is 48.5 Å². The van der Waals surface area contributed by atoms with Crippen molar-refractivity contribution < 1.29 is 23.8 Å². The Hall–Kier alpha value is -2.79. The average Bonchev–Trinajstić information content (AvgIpc) is 2.60. The van der Waals surface area contributed by atoms with E-state index in [9.17, 15) is 9.59 Å². The smallest absolute Gasteiger partial charge is 0.345 e. The second-order valence-electron chi connectivity index (χ2n) is 4.64. The van der Waals surface area contributed by atoms with E-state index in [4.69, 9.17) is 21.1 Å². The van der Waals surface area contributed by atoms with Gasteiger partial charge in [0, 0.05) is 6.08 Å². The topological polar surface area (TPSA) is 61.8 Å². The number of carbonyl (C=O) groups is 2. The van der Waals surface area contributed by atoms with E-state index in [0.29, 0.717) is 16.3 Å². The number of rotatable bonds is 5. The molecule has 0 fully saturated rings. The van der Waals surface area contributed by atoms with E-state index in [1.165, 1.54) is 20.3 Å². The molecule has 2 aromatic rings. The zero-order valence-corrected chi connectivity index (χ0v) is 13.9. The number of methoxy groups -OCH3 is 2. The van der Waals surface area contributed by atoms with E-state index in [1.54, 1.807) is 48.5 Å². The van der Waals surface area contributed by atoms with Crippen LogP contribution in [0.4, 0.5) is 0 Å². The predicted molar refractivity (Wildman–Crippen MR) is 90.5 cm³/mol. The highest BCUT2D eigenvalue weighted by Gasteiger charge is 2.15. The van der Waals surface area contributed by atoms with Gasteiger partial charge in [0.25, 0.3) is 0 Å². The SMILES string of the molecule is COC(=O)/C=C/c1ccc(OC(=O)c2ccccc2Cl)c(OC)c1. The standard InChI is InChI=1S/C18H15ClO5/c1-22-16-11-12(8-10-17(20)23-2)7-9-15(16)24-18(21)13-5-3-4-6-14(13)19/h3-11H,1-2H3/b10-8+. The Morgan fingerprint density at radius 3 is 2.46 bits per heavy atom. The molecular formula is C18H15ClO5. The van der Waals surface area contributed by atoms with Gasteiger partial charge in [-0.05, 0) is 35.9 Å². The molecule has 0 bridgehead atoms. The van der Waals surface area contributed by atoms with Crippen molar-refractivity contribution in [3.05, 3.63) is 64.7 Å². The molecule has 2 rings (SSSR count). The summed E-state index contributed by atoms with van der Waals surface area (Å²) >= 11 is 5.98. The maximum atomic E-state index is 12.2. The maximum absolute atomic E-state index is 12.2. The van der Waals surface area contributed by atoms with Gasteiger partial charge >= 0.3 is 11.9 Å². The Morgan fingerprint density at radius 2 is 1.79 bits per heavy atom. The fourth-order valence-corrected chi connectivity index (χ4v) is 2.10. The van der Waals surface area contributed by atoms with Gasteiger partial charge in [-0.2, -0.15) is 0 Å². The molecule has 0 saturated carbocycles. The minimum atomic E-state index is -0.586. The highest BCUT2D eigenvalue weighted by Crippen LogP contribution is 2.30. The Kier molecular flexibility index (Phi) is 5.98. The zero-order valence-electron chi connectivity index (χ0n) is 13.1. The first-order valence-corrected chi connectivity index (χ1v) is 7.33. The molecule has 0 N–H and O–H groups in total. The summed E-state index contributed by atoms with van der Waals surface area (Å²) in [5.41, 5.74) is 0.950. The molecule has 0 radical (unpaired) electrons. The van der Waals surface area contributed by atoms with Gasteiger partial charge < -0.3 is 14.2 Å². The van der Waals surface area contributed by atoms with Crippen molar-refractivity contribution in [2.45, 2.75) is 0 Å². The first kappa shape index (κ1) is 17.6. The molecule has 0 aromatic heterocycles. The Bertz CT molecular complexity index is 783. The third-order valence-corrected chi connectivity index (χ3v) is 3.43. The first-order valence-electron chi connectivity index (χ1n) is 6.96. The molecule has 0 aliphatic rings. The van der Waals surface area contributed by atoms with Gasteiger partial charge in [-0.3, -0.25) is 0 Å². The molecule has 0 atom stereocenters. The third-order valence-electron chi connectivity index (χ3n) is 3.10. The first-order chi connectivity index (χ1) is 11.5. The van der Waals surface area contributed by atoms with Gasteiger partial charge in [-0.1, -0.05) is 29.8 Å². The van der Waals surface area contributed by atoms with Crippen LogP contribution >= 0.6 is 11.6 Å². The molecule has 0 spiro atoms. The summed E-state index contributed by atoms with van der Waals surface area (Å²) < 4.78 is 15.1. The fraction of sp³-hybridized carbons (Fsp3) is 0.111. The molecule has 124 valence electrons. The number of carbonyl (C=O) groups excluding carboxylic acids is 2. The Balaban J connectivity index is 2.22. The second kappa shape index (κ2) is 8.17. The lowest BCUT2D eigenvalue weighted by molar-refractivity contribution is -0.134. The van der Waals surface area contributed by atoms with E-state index in [2.05, 4.69) is 4.74 Å². The van der Waals surface area contributed by atoms with Gasteiger partial charge in [0.1, 0.15) is 0 Å². The van der Waals surface area contributed by atoms with E-state index in [0.717, 1.165) is 0 Å². The third kappa shape index (κ3) is 4.36. The lowest BCUT2D eigenvalue weighted by Crippen LogP contribution is -2.09. The highest BCUT2D eigenvalue weighted by molar-refractivity contribution is 6.33. The van der Waals surface area contributed by atoms with Crippen molar-refractivity contribution in [2.75, 3.05) is 14.2 Å². The summed E-state index contributed by atoms with van der Waals surface area (Å²) in [6.45, 7) is 0. The van der Waals surface area contributed by atoms with Crippen LogP contribution in [0.1, 0.15) is 15.9 Å². The van der Waals surface area contributed by atoms with Crippen molar-refractivity contribution in [1.29, 1.82) is 0 Å². The van der Waals surface area contributed by atoms with Crippen LogP contribution in [0.5, 0.6) is 11.5 Å². The number of halogens is 1. The van der Waals surface area contributed by atoms with Crippen molar-refractivity contribution in [3.63, 3.8) is 0 Å². The van der Waals surface area contributed by atoms with E-state index in [1.807, 2.05) is 0 Å². The Morgan fingerprint density at radius 1 is 1.04 bits per heavy atom. The molecule has 0 saturated heterocycles. The highest BCUT2D eigenvalue weighted by atomic mass is 35.5. The van der Waals surface area contributed by atoms with Gasteiger partial charge in [0.2, 0.25) is 0 Å². The molecule has 0 amide bonds. The second-order valence-corrected chi connectivity index (χ2v) is 5.04. The van der Waals surface area contributed by atoms with E-state index < -0.39 is 11.9 Å². The molecule has 0 unspecified atom stereocenters. The van der Waals surface area contributed by atoms with Crippen LogP contribution in [0.25, 0.3) is 6.08 Å². The predicted octanol–water partition coefficient (Wildman–Crippen LogP) is 3.75. The van der Waals surface area contributed by atoms with Crippen LogP contribution in [0.2, 0.25) is 5.02 Å². The van der Waals surface area contributed by atoms with E-state index in [-0.39, 0.29) is 11.3 Å². The average molecular weight is 347 g/mol. The lowest BCUT2D eigenvalue weighted by Gasteiger charge is -2.10. The number of esters is 2. The fourth-order valence-electron chi connectivity index (χ4n) is 1.89. The normalized spacial score (nSPS) is 10.5. The number of benzene rings is 2. The molecular weight excluding hydrogens is 332 g/mol. The van der Waals surface area contributed by atoms with Gasteiger partial charge in [-0.25, -0.2) is 9.59 Å². The molecule has 2 aromatic carbocycles. The van der Waals surface area contributed by atoms with Crippen molar-refractivity contribution >= 4 is 29.6 Å². The summed E-state index contributed by atoms with van der Waals surface area (Å²) in [7, 11) is 2.75. The van der Waals surface area contributed by atoms with Crippen LogP contribution in [-0.4, -0.2) is 26.2 Å². The molecule has 0 heterocycles. The summed E-state index contributed by atoms with van der Waals surface area (Å²) in [6, 6.07) is 11.5. The molecule has 6 heteroatoms. The van der Waals surface area contributed by atoms with Gasteiger partial charge in [0.15, 0.2) is 11.5 Å². The van der Waals surface area contributed by atoms with Crippen LogP contribution < -0.4 is 9.47 Å². The van der Waals surface area contributed by atoms with Gasteiger partial charge in [0.05, 0.1) is 24.8 Å². The maximum Gasteiger partial charge on any atom is 0.345 e. The monoisotopic (exact) mass is 346 g/mol. The molecule has 0 aliphatic carbocycles. The van der Waals surface area contributed by atoms with Crippen LogP contribution in [0, 0.1) is 0 Å².